The van der Waals surface area contributed by atoms with E-state index in [9.17, 15) is 4.79 Å². The van der Waals surface area contributed by atoms with E-state index in [1.165, 1.54) is 12.8 Å². The number of hydrazine groups is 1. The van der Waals surface area contributed by atoms with Gasteiger partial charge in [0.1, 0.15) is 0 Å². The highest BCUT2D eigenvalue weighted by molar-refractivity contribution is 5.77. The van der Waals surface area contributed by atoms with Crippen molar-refractivity contribution in [2.75, 3.05) is 6.54 Å². The van der Waals surface area contributed by atoms with Gasteiger partial charge in [-0.3, -0.25) is 15.1 Å². The molecule has 1 heterocycles. The smallest absolute Gasteiger partial charge is 0.248 e. The Kier molecular flexibility index (Phi) is 3.69. The molecule has 13 heavy (non-hydrogen) atoms. The summed E-state index contributed by atoms with van der Waals surface area (Å²) in [4.78, 5) is 13.3. The standard InChI is InChI=1S/C9H19N3O/c1-3-8-5-4-7(2)12(8)6-9(13)11-10/h7-8H,3-6,10H2,1-2H3,(H,11,13). The topological polar surface area (TPSA) is 58.4 Å². The van der Waals surface area contributed by atoms with Crippen molar-refractivity contribution in [1.29, 1.82) is 0 Å². The molecular formula is C9H19N3O. The Morgan fingerprint density at radius 2 is 2.31 bits per heavy atom. The van der Waals surface area contributed by atoms with Gasteiger partial charge in [0, 0.05) is 12.1 Å². The van der Waals surface area contributed by atoms with E-state index in [0.29, 0.717) is 18.6 Å². The molecule has 1 fully saturated rings. The second-order valence-corrected chi connectivity index (χ2v) is 3.73. The number of nitrogens with zero attached hydrogens (tertiary/aromatic N) is 1. The van der Waals surface area contributed by atoms with Crippen LogP contribution < -0.4 is 11.3 Å². The molecule has 4 heteroatoms. The van der Waals surface area contributed by atoms with Crippen LogP contribution in [0.3, 0.4) is 0 Å². The molecule has 0 saturated carbocycles. The van der Waals surface area contributed by atoms with E-state index in [1.807, 2.05) is 0 Å². The first-order valence-electron chi connectivity index (χ1n) is 4.94. The second-order valence-electron chi connectivity index (χ2n) is 3.73. The Balaban J connectivity index is 2.49. The zero-order valence-corrected chi connectivity index (χ0v) is 8.42. The van der Waals surface area contributed by atoms with E-state index in [4.69, 9.17) is 5.84 Å². The molecule has 2 unspecified atom stereocenters. The molecule has 1 aliphatic rings. The van der Waals surface area contributed by atoms with Gasteiger partial charge in [-0.1, -0.05) is 6.92 Å². The van der Waals surface area contributed by atoms with Crippen LogP contribution in [-0.2, 0) is 4.79 Å². The molecule has 0 bridgehead atoms. The minimum atomic E-state index is -0.0906. The molecule has 1 saturated heterocycles. The van der Waals surface area contributed by atoms with Gasteiger partial charge < -0.3 is 0 Å². The van der Waals surface area contributed by atoms with E-state index in [2.05, 4.69) is 24.2 Å². The fourth-order valence-electron chi connectivity index (χ4n) is 2.06. The normalized spacial score (nSPS) is 29.2. The summed E-state index contributed by atoms with van der Waals surface area (Å²) in [5, 5.41) is 0. The monoisotopic (exact) mass is 185 g/mol. The van der Waals surface area contributed by atoms with Crippen LogP contribution in [0.4, 0.5) is 0 Å². The molecule has 76 valence electrons. The maximum atomic E-state index is 11.1. The molecule has 0 spiro atoms. The van der Waals surface area contributed by atoms with Gasteiger partial charge in [-0.05, 0) is 26.2 Å². The van der Waals surface area contributed by atoms with Crippen molar-refractivity contribution >= 4 is 5.91 Å². The summed E-state index contributed by atoms with van der Waals surface area (Å²) < 4.78 is 0. The molecule has 4 nitrogen and oxygen atoms in total. The molecular weight excluding hydrogens is 166 g/mol. The van der Waals surface area contributed by atoms with Crippen molar-refractivity contribution in [3.8, 4) is 0 Å². The van der Waals surface area contributed by atoms with Crippen LogP contribution in [0.25, 0.3) is 0 Å². The highest BCUT2D eigenvalue weighted by Crippen LogP contribution is 2.25. The number of likely N-dealkylation sites (tertiary alicyclic amines) is 1. The minimum Gasteiger partial charge on any atom is -0.293 e. The van der Waals surface area contributed by atoms with Crippen molar-refractivity contribution in [2.45, 2.75) is 45.2 Å². The Labute approximate surface area is 79.4 Å². The number of rotatable bonds is 3. The number of carbonyl (C=O) groups excluding carboxylic acids is 1. The fourth-order valence-corrected chi connectivity index (χ4v) is 2.06. The number of hydrogen-bond donors (Lipinski definition) is 2. The summed E-state index contributed by atoms with van der Waals surface area (Å²) in [6.07, 6.45) is 3.51. The summed E-state index contributed by atoms with van der Waals surface area (Å²) in [6, 6.07) is 1.08. The zero-order valence-electron chi connectivity index (χ0n) is 8.42. The zero-order chi connectivity index (χ0) is 9.84. The highest BCUT2D eigenvalue weighted by Gasteiger charge is 2.30. The minimum absolute atomic E-state index is 0.0906. The van der Waals surface area contributed by atoms with Crippen LogP contribution in [-0.4, -0.2) is 29.4 Å². The van der Waals surface area contributed by atoms with Gasteiger partial charge in [0.2, 0.25) is 5.91 Å². The van der Waals surface area contributed by atoms with E-state index < -0.39 is 0 Å². The molecule has 0 aliphatic carbocycles. The van der Waals surface area contributed by atoms with Gasteiger partial charge >= 0.3 is 0 Å². The predicted molar refractivity (Wildman–Crippen MR) is 51.8 cm³/mol. The van der Waals surface area contributed by atoms with E-state index in [-0.39, 0.29) is 5.91 Å². The van der Waals surface area contributed by atoms with Crippen LogP contribution in [0.15, 0.2) is 0 Å². The van der Waals surface area contributed by atoms with Gasteiger partial charge in [0.15, 0.2) is 0 Å². The molecule has 1 rings (SSSR count). The first kappa shape index (κ1) is 10.5. The van der Waals surface area contributed by atoms with Crippen LogP contribution >= 0.6 is 0 Å². The second kappa shape index (κ2) is 4.58. The summed E-state index contributed by atoms with van der Waals surface area (Å²) in [5.74, 6) is 4.97. The lowest BCUT2D eigenvalue weighted by molar-refractivity contribution is -0.123. The number of hydrogen-bond acceptors (Lipinski definition) is 3. The quantitative estimate of drug-likeness (QED) is 0.376. The van der Waals surface area contributed by atoms with Gasteiger partial charge in [0.25, 0.3) is 0 Å². The van der Waals surface area contributed by atoms with E-state index in [0.717, 1.165) is 6.42 Å². The maximum absolute atomic E-state index is 11.1. The lowest BCUT2D eigenvalue weighted by Gasteiger charge is -2.26. The number of nitrogens with two attached hydrogens (primary N) is 1. The van der Waals surface area contributed by atoms with Crippen LogP contribution in [0.1, 0.15) is 33.1 Å². The van der Waals surface area contributed by atoms with E-state index in [1.54, 1.807) is 0 Å². The number of nitrogens with one attached hydrogen (secondary N) is 1. The predicted octanol–water partition coefficient (Wildman–Crippen LogP) is 0.239. The maximum Gasteiger partial charge on any atom is 0.248 e. The first-order valence-corrected chi connectivity index (χ1v) is 4.94. The third kappa shape index (κ3) is 2.42. The van der Waals surface area contributed by atoms with Crippen LogP contribution in [0, 0.1) is 0 Å². The summed E-state index contributed by atoms with van der Waals surface area (Å²) in [5.41, 5.74) is 2.18. The van der Waals surface area contributed by atoms with Crippen molar-refractivity contribution in [3.05, 3.63) is 0 Å². The van der Waals surface area contributed by atoms with Crippen molar-refractivity contribution in [1.82, 2.24) is 10.3 Å². The average molecular weight is 185 g/mol. The average Bonchev–Trinajstić information content (AvgIpc) is 2.48. The Morgan fingerprint density at radius 3 is 2.85 bits per heavy atom. The van der Waals surface area contributed by atoms with Crippen molar-refractivity contribution in [2.24, 2.45) is 5.84 Å². The Morgan fingerprint density at radius 1 is 1.62 bits per heavy atom. The molecule has 1 aliphatic heterocycles. The lowest BCUT2D eigenvalue weighted by atomic mass is 10.1. The highest BCUT2D eigenvalue weighted by atomic mass is 16.2. The van der Waals surface area contributed by atoms with Gasteiger partial charge in [-0.15, -0.1) is 0 Å². The summed E-state index contributed by atoms with van der Waals surface area (Å²) in [6.45, 7) is 4.77. The summed E-state index contributed by atoms with van der Waals surface area (Å²) in [7, 11) is 0. The molecule has 0 radical (unpaired) electrons. The molecule has 2 atom stereocenters. The third-order valence-electron chi connectivity index (χ3n) is 2.91. The lowest BCUT2D eigenvalue weighted by Crippen LogP contribution is -2.44. The molecule has 0 aromatic heterocycles. The third-order valence-corrected chi connectivity index (χ3v) is 2.91. The SMILES string of the molecule is CCC1CCC(C)N1CC(=O)NN. The number of carbonyl (C=O) groups is 1. The fraction of sp³-hybridized carbons (Fsp3) is 0.889. The Hall–Kier alpha value is -0.610. The van der Waals surface area contributed by atoms with Gasteiger partial charge in [-0.25, -0.2) is 5.84 Å². The molecule has 0 aromatic rings. The first-order chi connectivity index (χ1) is 6.19. The van der Waals surface area contributed by atoms with Gasteiger partial charge in [0.05, 0.1) is 6.54 Å². The molecule has 0 aromatic carbocycles. The summed E-state index contributed by atoms with van der Waals surface area (Å²) >= 11 is 0. The van der Waals surface area contributed by atoms with Gasteiger partial charge in [-0.2, -0.15) is 0 Å². The largest absolute Gasteiger partial charge is 0.293 e. The number of amides is 1. The van der Waals surface area contributed by atoms with Crippen LogP contribution in [0.5, 0.6) is 0 Å². The van der Waals surface area contributed by atoms with E-state index >= 15 is 0 Å². The Bertz CT molecular complexity index is 184. The molecule has 1 amide bonds. The van der Waals surface area contributed by atoms with Crippen molar-refractivity contribution < 1.29 is 4.79 Å². The van der Waals surface area contributed by atoms with Crippen molar-refractivity contribution in [3.63, 3.8) is 0 Å². The molecule has 3 N–H and O–H groups in total. The van der Waals surface area contributed by atoms with Crippen LogP contribution in [0.2, 0.25) is 0 Å².